The van der Waals surface area contributed by atoms with E-state index < -0.39 is 0 Å². The molecule has 2 rings (SSSR count). The summed E-state index contributed by atoms with van der Waals surface area (Å²) in [5.74, 6) is 2.44. The monoisotopic (exact) mass is 221 g/mol. The Bertz CT molecular complexity index is 326. The molecule has 0 aromatic carbocycles. The third-order valence-electron chi connectivity index (χ3n) is 3.13. The van der Waals surface area contributed by atoms with Gasteiger partial charge >= 0.3 is 0 Å². The maximum absolute atomic E-state index is 5.72. The number of nitrogens with zero attached hydrogens (tertiary/aromatic N) is 2. The second kappa shape index (κ2) is 5.16. The molecule has 88 valence electrons. The molecule has 0 bridgehead atoms. The predicted molar refractivity (Wildman–Crippen MR) is 64.8 cm³/mol. The summed E-state index contributed by atoms with van der Waals surface area (Å²) >= 11 is 0. The Morgan fingerprint density at radius 1 is 1.56 bits per heavy atom. The molecule has 0 spiro atoms. The van der Waals surface area contributed by atoms with Crippen molar-refractivity contribution in [2.24, 2.45) is 11.7 Å². The van der Waals surface area contributed by atoms with Crippen LogP contribution < -0.4 is 15.4 Å². The minimum absolute atomic E-state index is 0.609. The first-order valence-corrected chi connectivity index (χ1v) is 5.78. The second-order valence-electron chi connectivity index (χ2n) is 4.25. The molecule has 0 aliphatic carbocycles. The largest absolute Gasteiger partial charge is 0.495 e. The quantitative estimate of drug-likeness (QED) is 0.835. The van der Waals surface area contributed by atoms with Crippen molar-refractivity contribution < 1.29 is 4.74 Å². The zero-order chi connectivity index (χ0) is 11.4. The maximum atomic E-state index is 5.72. The molecular weight excluding hydrogens is 202 g/mol. The van der Waals surface area contributed by atoms with Crippen LogP contribution in [0.2, 0.25) is 0 Å². The summed E-state index contributed by atoms with van der Waals surface area (Å²) in [6.45, 7) is 2.87. The van der Waals surface area contributed by atoms with Gasteiger partial charge in [-0.05, 0) is 37.4 Å². The van der Waals surface area contributed by atoms with Crippen LogP contribution in [0.3, 0.4) is 0 Å². The summed E-state index contributed by atoms with van der Waals surface area (Å²) in [5.41, 5.74) is 5.72. The van der Waals surface area contributed by atoms with E-state index in [0.29, 0.717) is 5.92 Å². The summed E-state index contributed by atoms with van der Waals surface area (Å²) in [5, 5.41) is 0. The number of rotatable bonds is 3. The summed E-state index contributed by atoms with van der Waals surface area (Å²) in [6, 6.07) is 3.96. The highest BCUT2D eigenvalue weighted by molar-refractivity contribution is 5.41. The highest BCUT2D eigenvalue weighted by atomic mass is 16.5. The van der Waals surface area contributed by atoms with Crippen molar-refractivity contribution in [2.75, 3.05) is 31.6 Å². The number of pyridine rings is 1. The smallest absolute Gasteiger partial charge is 0.137 e. The Kier molecular flexibility index (Phi) is 3.62. The standard InChI is InChI=1S/C12H19N3O/c1-16-11-4-5-12(14-8-11)15-6-2-3-10(7-13)9-15/h4-5,8,10H,2-3,6-7,9,13H2,1H3. The van der Waals surface area contributed by atoms with Gasteiger partial charge in [-0.25, -0.2) is 4.98 Å². The van der Waals surface area contributed by atoms with Crippen LogP contribution in [0.4, 0.5) is 5.82 Å². The lowest BCUT2D eigenvalue weighted by Crippen LogP contribution is -2.38. The average Bonchev–Trinajstić information content (AvgIpc) is 2.39. The van der Waals surface area contributed by atoms with Crippen molar-refractivity contribution in [3.8, 4) is 5.75 Å². The van der Waals surface area contributed by atoms with Crippen molar-refractivity contribution in [1.29, 1.82) is 0 Å². The van der Waals surface area contributed by atoms with Crippen molar-refractivity contribution in [2.45, 2.75) is 12.8 Å². The highest BCUT2D eigenvalue weighted by Gasteiger charge is 2.19. The van der Waals surface area contributed by atoms with E-state index in [0.717, 1.165) is 31.2 Å². The SMILES string of the molecule is COc1ccc(N2CCCC(CN)C2)nc1. The van der Waals surface area contributed by atoms with Gasteiger partial charge in [0.05, 0.1) is 13.3 Å². The molecule has 4 heteroatoms. The summed E-state index contributed by atoms with van der Waals surface area (Å²) in [4.78, 5) is 6.71. The molecule has 1 unspecified atom stereocenters. The fourth-order valence-corrected chi connectivity index (χ4v) is 2.15. The third-order valence-corrected chi connectivity index (χ3v) is 3.13. The molecule has 2 heterocycles. The minimum atomic E-state index is 0.609. The van der Waals surface area contributed by atoms with E-state index in [-0.39, 0.29) is 0 Å². The van der Waals surface area contributed by atoms with Gasteiger partial charge in [-0.15, -0.1) is 0 Å². The first-order valence-electron chi connectivity index (χ1n) is 5.78. The summed E-state index contributed by atoms with van der Waals surface area (Å²) in [6.07, 6.45) is 4.21. The van der Waals surface area contributed by atoms with E-state index in [4.69, 9.17) is 10.5 Å². The summed E-state index contributed by atoms with van der Waals surface area (Å²) in [7, 11) is 1.65. The molecular formula is C12H19N3O. The van der Waals surface area contributed by atoms with Crippen LogP contribution in [0.1, 0.15) is 12.8 Å². The van der Waals surface area contributed by atoms with Gasteiger partial charge in [0, 0.05) is 13.1 Å². The van der Waals surface area contributed by atoms with Crippen molar-refractivity contribution >= 4 is 5.82 Å². The number of piperidine rings is 1. The van der Waals surface area contributed by atoms with E-state index in [9.17, 15) is 0 Å². The van der Waals surface area contributed by atoms with Gasteiger partial charge in [-0.3, -0.25) is 0 Å². The molecule has 1 saturated heterocycles. The third kappa shape index (κ3) is 2.44. The second-order valence-corrected chi connectivity index (χ2v) is 4.25. The molecule has 4 nitrogen and oxygen atoms in total. The normalized spacial score (nSPS) is 20.9. The fraction of sp³-hybridized carbons (Fsp3) is 0.583. The zero-order valence-electron chi connectivity index (χ0n) is 9.72. The lowest BCUT2D eigenvalue weighted by molar-refractivity contribution is 0.410. The van der Waals surface area contributed by atoms with Crippen LogP contribution in [0.15, 0.2) is 18.3 Å². The Morgan fingerprint density at radius 3 is 3.06 bits per heavy atom. The number of methoxy groups -OCH3 is 1. The molecule has 2 N–H and O–H groups in total. The number of aromatic nitrogens is 1. The van der Waals surface area contributed by atoms with Crippen LogP contribution >= 0.6 is 0 Å². The number of ether oxygens (including phenoxy) is 1. The van der Waals surface area contributed by atoms with E-state index in [1.165, 1.54) is 12.8 Å². The van der Waals surface area contributed by atoms with Gasteiger partial charge in [0.25, 0.3) is 0 Å². The Labute approximate surface area is 96.4 Å². The van der Waals surface area contributed by atoms with Gasteiger partial charge in [0.15, 0.2) is 0 Å². The lowest BCUT2D eigenvalue weighted by atomic mass is 9.98. The Balaban J connectivity index is 2.05. The lowest BCUT2D eigenvalue weighted by Gasteiger charge is -2.33. The van der Waals surface area contributed by atoms with Crippen LogP contribution in [0.25, 0.3) is 0 Å². The molecule has 16 heavy (non-hydrogen) atoms. The fourth-order valence-electron chi connectivity index (χ4n) is 2.15. The number of hydrogen-bond donors (Lipinski definition) is 1. The molecule has 1 aliphatic rings. The first kappa shape index (κ1) is 11.2. The van der Waals surface area contributed by atoms with E-state index in [1.807, 2.05) is 12.1 Å². The van der Waals surface area contributed by atoms with Crippen LogP contribution in [-0.4, -0.2) is 31.7 Å². The van der Waals surface area contributed by atoms with Gasteiger partial charge in [0.2, 0.25) is 0 Å². The zero-order valence-corrected chi connectivity index (χ0v) is 9.72. The molecule has 1 aromatic rings. The van der Waals surface area contributed by atoms with Crippen LogP contribution in [0.5, 0.6) is 5.75 Å². The van der Waals surface area contributed by atoms with Crippen molar-refractivity contribution in [3.63, 3.8) is 0 Å². The van der Waals surface area contributed by atoms with Crippen LogP contribution in [0, 0.1) is 5.92 Å². The van der Waals surface area contributed by atoms with E-state index in [2.05, 4.69) is 9.88 Å². The highest BCUT2D eigenvalue weighted by Crippen LogP contribution is 2.22. The topological polar surface area (TPSA) is 51.4 Å². The van der Waals surface area contributed by atoms with E-state index in [1.54, 1.807) is 13.3 Å². The molecule has 0 radical (unpaired) electrons. The maximum Gasteiger partial charge on any atom is 0.137 e. The van der Waals surface area contributed by atoms with Crippen molar-refractivity contribution in [1.82, 2.24) is 4.98 Å². The predicted octanol–water partition coefficient (Wildman–Crippen LogP) is 1.27. The number of anilines is 1. The molecule has 1 aliphatic heterocycles. The number of hydrogen-bond acceptors (Lipinski definition) is 4. The van der Waals surface area contributed by atoms with Gasteiger partial charge in [-0.1, -0.05) is 0 Å². The van der Waals surface area contributed by atoms with E-state index >= 15 is 0 Å². The van der Waals surface area contributed by atoms with Gasteiger partial charge < -0.3 is 15.4 Å². The molecule has 1 atom stereocenters. The first-order chi connectivity index (χ1) is 7.83. The number of nitrogens with two attached hydrogens (primary N) is 1. The van der Waals surface area contributed by atoms with Gasteiger partial charge in [-0.2, -0.15) is 0 Å². The minimum Gasteiger partial charge on any atom is -0.495 e. The van der Waals surface area contributed by atoms with Gasteiger partial charge in [0.1, 0.15) is 11.6 Å². The van der Waals surface area contributed by atoms with Crippen LogP contribution in [-0.2, 0) is 0 Å². The molecule has 1 aromatic heterocycles. The molecule has 1 fully saturated rings. The molecule has 0 saturated carbocycles. The average molecular weight is 221 g/mol. The van der Waals surface area contributed by atoms with Crippen molar-refractivity contribution in [3.05, 3.63) is 18.3 Å². The summed E-state index contributed by atoms with van der Waals surface area (Å²) < 4.78 is 5.10. The Hall–Kier alpha value is -1.29. The molecule has 0 amide bonds. The Morgan fingerprint density at radius 2 is 2.44 bits per heavy atom.